The molecule has 1 aromatic rings. The average molecular weight is 315 g/mol. The van der Waals surface area contributed by atoms with E-state index in [0.29, 0.717) is 0 Å². The fourth-order valence-electron chi connectivity index (χ4n) is 1.57. The van der Waals surface area contributed by atoms with E-state index in [1.165, 1.54) is 5.48 Å². The Hall–Kier alpha value is -2.68. The number of hydroxylamine groups is 1. The molecule has 0 aliphatic rings. The number of nitrogens with two attached hydrogens (primary N) is 1. The summed E-state index contributed by atoms with van der Waals surface area (Å²) in [5.74, 6) is -5.30. The molecular formula is C13H15F2N3O4. The molecule has 22 heavy (non-hydrogen) atoms. The van der Waals surface area contributed by atoms with Crippen LogP contribution in [0.4, 0.5) is 8.78 Å². The zero-order valence-electron chi connectivity index (χ0n) is 11.7. The molecule has 0 aliphatic heterocycles. The molecule has 1 atom stereocenters. The van der Waals surface area contributed by atoms with Crippen molar-refractivity contribution in [1.82, 2.24) is 10.8 Å². The van der Waals surface area contributed by atoms with Gasteiger partial charge in [0.1, 0.15) is 6.04 Å². The molecule has 1 rings (SSSR count). The molecule has 5 N–H and O–H groups in total. The summed E-state index contributed by atoms with van der Waals surface area (Å²) >= 11 is 0. The van der Waals surface area contributed by atoms with Crippen LogP contribution in [-0.2, 0) is 4.79 Å². The van der Waals surface area contributed by atoms with Gasteiger partial charge in [0.2, 0.25) is 5.82 Å². The van der Waals surface area contributed by atoms with Crippen LogP contribution in [0.5, 0.6) is 5.75 Å². The van der Waals surface area contributed by atoms with E-state index in [-0.39, 0.29) is 18.1 Å². The van der Waals surface area contributed by atoms with E-state index in [4.69, 9.17) is 15.7 Å². The van der Waals surface area contributed by atoms with Crippen LogP contribution in [0, 0.1) is 11.6 Å². The normalized spacial score (nSPS) is 11.5. The van der Waals surface area contributed by atoms with Gasteiger partial charge in [-0.15, -0.1) is 0 Å². The van der Waals surface area contributed by atoms with Crippen molar-refractivity contribution >= 4 is 11.8 Å². The molecule has 0 saturated heterocycles. The summed E-state index contributed by atoms with van der Waals surface area (Å²) in [7, 11) is 0. The first-order chi connectivity index (χ1) is 10.3. The number of benzene rings is 1. The van der Waals surface area contributed by atoms with E-state index in [2.05, 4.69) is 6.58 Å². The molecule has 1 unspecified atom stereocenters. The Labute approximate surface area is 124 Å². The highest BCUT2D eigenvalue weighted by Crippen LogP contribution is 2.22. The summed E-state index contributed by atoms with van der Waals surface area (Å²) in [5, 5.41) is 10.6. The highest BCUT2D eigenvalue weighted by molar-refractivity contribution is 5.98. The van der Waals surface area contributed by atoms with Crippen LogP contribution in [0.3, 0.4) is 0 Å². The SMILES string of the molecule is C=C(N)C(NC(=O)c1ccc(OCC)c(F)c1F)C(=O)NO. The van der Waals surface area contributed by atoms with Gasteiger partial charge in [0.05, 0.1) is 12.2 Å². The monoisotopic (exact) mass is 315 g/mol. The van der Waals surface area contributed by atoms with Gasteiger partial charge >= 0.3 is 0 Å². The van der Waals surface area contributed by atoms with Gasteiger partial charge < -0.3 is 15.8 Å². The first-order valence-corrected chi connectivity index (χ1v) is 6.13. The number of rotatable bonds is 6. The topological polar surface area (TPSA) is 114 Å². The zero-order valence-corrected chi connectivity index (χ0v) is 11.7. The van der Waals surface area contributed by atoms with Gasteiger partial charge in [0.25, 0.3) is 11.8 Å². The predicted molar refractivity (Wildman–Crippen MR) is 72.0 cm³/mol. The lowest BCUT2D eigenvalue weighted by Gasteiger charge is -2.17. The number of carbonyl (C=O) groups is 2. The second-order valence-corrected chi connectivity index (χ2v) is 4.13. The molecule has 120 valence electrons. The molecule has 0 heterocycles. The lowest BCUT2D eigenvalue weighted by atomic mass is 10.1. The Bertz CT molecular complexity index is 607. The van der Waals surface area contributed by atoms with Gasteiger partial charge in [-0.05, 0) is 19.1 Å². The van der Waals surface area contributed by atoms with E-state index in [1.807, 2.05) is 5.32 Å². The molecule has 0 saturated carbocycles. The second-order valence-electron chi connectivity index (χ2n) is 4.13. The molecule has 2 amide bonds. The summed E-state index contributed by atoms with van der Waals surface area (Å²) < 4.78 is 32.4. The van der Waals surface area contributed by atoms with Gasteiger partial charge in [-0.2, -0.15) is 4.39 Å². The highest BCUT2D eigenvalue weighted by atomic mass is 19.2. The average Bonchev–Trinajstić information content (AvgIpc) is 2.48. The van der Waals surface area contributed by atoms with Crippen molar-refractivity contribution in [3.05, 3.63) is 41.6 Å². The van der Waals surface area contributed by atoms with E-state index >= 15 is 0 Å². The number of hydrogen-bond donors (Lipinski definition) is 4. The Kier molecular flexibility index (Phi) is 5.81. The molecule has 0 fully saturated rings. The van der Waals surface area contributed by atoms with Crippen molar-refractivity contribution in [2.45, 2.75) is 13.0 Å². The number of amides is 2. The molecule has 1 aromatic carbocycles. The predicted octanol–water partition coefficient (Wildman–Crippen LogP) is 0.440. The lowest BCUT2D eigenvalue weighted by Crippen LogP contribution is -2.48. The van der Waals surface area contributed by atoms with Gasteiger partial charge in [-0.1, -0.05) is 6.58 Å². The van der Waals surface area contributed by atoms with E-state index in [9.17, 15) is 18.4 Å². The number of halogens is 2. The van der Waals surface area contributed by atoms with Crippen molar-refractivity contribution < 1.29 is 28.3 Å². The van der Waals surface area contributed by atoms with Gasteiger partial charge in [0.15, 0.2) is 11.6 Å². The molecule has 0 radical (unpaired) electrons. The van der Waals surface area contributed by atoms with Crippen LogP contribution in [0.2, 0.25) is 0 Å². The number of hydrogen-bond acceptors (Lipinski definition) is 5. The molecule has 7 nitrogen and oxygen atoms in total. The molecular weight excluding hydrogens is 300 g/mol. The Morgan fingerprint density at radius 1 is 1.41 bits per heavy atom. The van der Waals surface area contributed by atoms with Crippen molar-refractivity contribution in [2.24, 2.45) is 5.73 Å². The standard InChI is InChI=1S/C13H15F2N3O4/c1-3-22-8-5-4-7(9(14)10(8)15)12(19)17-11(6(2)16)13(20)18-21/h4-5,11,21H,2-3,16H2,1H3,(H,17,19)(H,18,20). The van der Waals surface area contributed by atoms with Crippen LogP contribution in [0.1, 0.15) is 17.3 Å². The largest absolute Gasteiger partial charge is 0.491 e. The summed E-state index contributed by atoms with van der Waals surface area (Å²) in [6.45, 7) is 4.96. The van der Waals surface area contributed by atoms with E-state index in [0.717, 1.165) is 12.1 Å². The van der Waals surface area contributed by atoms with Crippen LogP contribution >= 0.6 is 0 Å². The maximum atomic E-state index is 13.9. The third kappa shape index (κ3) is 3.70. The lowest BCUT2D eigenvalue weighted by molar-refractivity contribution is -0.130. The molecule has 0 spiro atoms. The van der Waals surface area contributed by atoms with E-state index in [1.54, 1.807) is 6.92 Å². The maximum Gasteiger partial charge on any atom is 0.272 e. The van der Waals surface area contributed by atoms with Gasteiger partial charge in [0, 0.05) is 5.70 Å². The molecule has 0 aliphatic carbocycles. The first kappa shape index (κ1) is 17.4. The van der Waals surface area contributed by atoms with Crippen LogP contribution in [0.25, 0.3) is 0 Å². The fraction of sp³-hybridized carbons (Fsp3) is 0.231. The summed E-state index contributed by atoms with van der Waals surface area (Å²) in [6.07, 6.45) is 0. The van der Waals surface area contributed by atoms with Crippen LogP contribution in [-0.4, -0.2) is 29.7 Å². The Morgan fingerprint density at radius 2 is 2.05 bits per heavy atom. The van der Waals surface area contributed by atoms with Crippen molar-refractivity contribution in [2.75, 3.05) is 6.61 Å². The summed E-state index contributed by atoms with van der Waals surface area (Å²) in [6, 6.07) is 0.563. The minimum Gasteiger partial charge on any atom is -0.491 e. The van der Waals surface area contributed by atoms with Crippen molar-refractivity contribution in [1.29, 1.82) is 0 Å². The first-order valence-electron chi connectivity index (χ1n) is 6.13. The third-order valence-electron chi connectivity index (χ3n) is 2.61. The summed E-state index contributed by atoms with van der Waals surface area (Å²) in [5.41, 5.74) is 5.62. The second kappa shape index (κ2) is 7.36. The molecule has 9 heteroatoms. The van der Waals surface area contributed by atoms with Crippen LogP contribution < -0.4 is 21.3 Å². The third-order valence-corrected chi connectivity index (χ3v) is 2.61. The quantitative estimate of drug-likeness (QED) is 0.449. The van der Waals surface area contributed by atoms with Gasteiger partial charge in [-0.3, -0.25) is 14.8 Å². The Morgan fingerprint density at radius 3 is 2.55 bits per heavy atom. The zero-order chi connectivity index (χ0) is 16.9. The smallest absolute Gasteiger partial charge is 0.272 e. The molecule has 0 aromatic heterocycles. The van der Waals surface area contributed by atoms with Crippen molar-refractivity contribution in [3.8, 4) is 5.75 Å². The maximum absolute atomic E-state index is 13.9. The van der Waals surface area contributed by atoms with E-state index < -0.39 is 35.1 Å². The molecule has 0 bridgehead atoms. The van der Waals surface area contributed by atoms with Crippen molar-refractivity contribution in [3.63, 3.8) is 0 Å². The minimum absolute atomic E-state index is 0.119. The number of ether oxygens (including phenoxy) is 1. The van der Waals surface area contributed by atoms with Crippen LogP contribution in [0.15, 0.2) is 24.4 Å². The fourth-order valence-corrected chi connectivity index (χ4v) is 1.57. The number of carbonyl (C=O) groups excluding carboxylic acids is 2. The number of nitrogens with one attached hydrogen (secondary N) is 2. The minimum atomic E-state index is -1.51. The Balaban J connectivity index is 3.05. The van der Waals surface area contributed by atoms with Gasteiger partial charge in [-0.25, -0.2) is 9.87 Å². The highest BCUT2D eigenvalue weighted by Gasteiger charge is 2.25. The summed E-state index contributed by atoms with van der Waals surface area (Å²) in [4.78, 5) is 23.2.